The highest BCUT2D eigenvalue weighted by molar-refractivity contribution is 5.73. The molecule has 2 unspecified atom stereocenters. The first-order chi connectivity index (χ1) is 13.7. The molecule has 29 heavy (non-hydrogen) atoms. The first kappa shape index (κ1) is 23.9. The van der Waals surface area contributed by atoms with Crippen LogP contribution in [0.5, 0.6) is 0 Å². The molecule has 1 fully saturated rings. The van der Waals surface area contributed by atoms with Crippen molar-refractivity contribution in [1.82, 2.24) is 9.96 Å². The molecule has 0 saturated carbocycles. The molecule has 2 atom stereocenters. The normalized spacial score (nSPS) is 22.2. The van der Waals surface area contributed by atoms with Gasteiger partial charge in [0.25, 0.3) is 0 Å². The van der Waals surface area contributed by atoms with Crippen molar-refractivity contribution in [3.05, 3.63) is 35.9 Å². The Hall–Kier alpha value is -1.39. The van der Waals surface area contributed by atoms with Gasteiger partial charge in [-0.25, -0.2) is 0 Å². The number of hydroxylamine groups is 2. The monoisotopic (exact) mass is 402 g/mol. The van der Waals surface area contributed by atoms with Crippen LogP contribution in [0.15, 0.2) is 30.3 Å². The minimum absolute atomic E-state index is 0.00602. The van der Waals surface area contributed by atoms with E-state index in [2.05, 4.69) is 75.8 Å². The zero-order chi connectivity index (χ0) is 21.7. The lowest BCUT2D eigenvalue weighted by Crippen LogP contribution is -2.66. The third-order valence-corrected chi connectivity index (χ3v) is 6.78. The summed E-state index contributed by atoms with van der Waals surface area (Å²) in [6.07, 6.45) is 6.07. The van der Waals surface area contributed by atoms with Gasteiger partial charge in [0.15, 0.2) is 0 Å². The van der Waals surface area contributed by atoms with E-state index in [4.69, 9.17) is 4.84 Å². The first-order valence-corrected chi connectivity index (χ1v) is 11.5. The Morgan fingerprint density at radius 3 is 2.31 bits per heavy atom. The average Bonchev–Trinajstić information content (AvgIpc) is 2.70. The number of rotatable bonds is 9. The van der Waals surface area contributed by atoms with Crippen molar-refractivity contribution in [2.75, 3.05) is 6.54 Å². The predicted molar refractivity (Wildman–Crippen MR) is 120 cm³/mol. The molecular formula is C25H42N2O2. The Morgan fingerprint density at radius 2 is 1.79 bits per heavy atom. The Kier molecular flexibility index (Phi) is 8.30. The van der Waals surface area contributed by atoms with Gasteiger partial charge in [-0.15, -0.1) is 0 Å². The van der Waals surface area contributed by atoms with Gasteiger partial charge in [-0.3, -0.25) is 9.63 Å². The Morgan fingerprint density at radius 1 is 1.17 bits per heavy atom. The van der Waals surface area contributed by atoms with Crippen LogP contribution in [0.25, 0.3) is 0 Å². The number of carbonyl (C=O) groups excluding carboxylic acids is 1. The lowest BCUT2D eigenvalue weighted by molar-refractivity contribution is -0.319. The van der Waals surface area contributed by atoms with E-state index in [0.717, 1.165) is 45.1 Å². The van der Waals surface area contributed by atoms with Gasteiger partial charge in [-0.05, 0) is 58.4 Å². The molecule has 2 rings (SSSR count). The third kappa shape index (κ3) is 5.40. The molecule has 1 heterocycles. The number of unbranched alkanes of at least 4 members (excludes halogenated alkanes) is 1. The van der Waals surface area contributed by atoms with E-state index in [9.17, 15) is 4.79 Å². The maximum Gasteiger partial charge on any atom is 0.219 e. The molecule has 1 aromatic rings. The van der Waals surface area contributed by atoms with Gasteiger partial charge in [0.05, 0.1) is 0 Å². The highest BCUT2D eigenvalue weighted by Crippen LogP contribution is 2.45. The lowest BCUT2D eigenvalue weighted by Gasteiger charge is -2.58. The van der Waals surface area contributed by atoms with Crippen LogP contribution in [0, 0.1) is 0 Å². The molecule has 0 N–H and O–H groups in total. The summed E-state index contributed by atoms with van der Waals surface area (Å²) in [4.78, 5) is 21.3. The predicted octanol–water partition coefficient (Wildman–Crippen LogP) is 6.13. The Balaban J connectivity index is 2.32. The van der Waals surface area contributed by atoms with Gasteiger partial charge in [-0.1, -0.05) is 57.5 Å². The first-order valence-electron chi connectivity index (χ1n) is 11.5. The summed E-state index contributed by atoms with van der Waals surface area (Å²) in [6.45, 7) is 16.0. The third-order valence-electron chi connectivity index (χ3n) is 6.78. The van der Waals surface area contributed by atoms with Gasteiger partial charge in [0.2, 0.25) is 5.91 Å². The van der Waals surface area contributed by atoms with Crippen molar-refractivity contribution >= 4 is 5.91 Å². The molecule has 4 heteroatoms. The van der Waals surface area contributed by atoms with E-state index in [1.54, 1.807) is 6.92 Å². The summed E-state index contributed by atoms with van der Waals surface area (Å²) in [5, 5.41) is 2.30. The SMILES string of the molecule is CCCCN(C(C)=O)C1CC(C)(C)N(OC(C)c2ccccc2)C(CC)(CC)C1. The summed E-state index contributed by atoms with van der Waals surface area (Å²) < 4.78 is 0. The van der Waals surface area contributed by atoms with Crippen LogP contribution in [0.3, 0.4) is 0 Å². The summed E-state index contributed by atoms with van der Waals surface area (Å²) in [6, 6.07) is 10.7. The maximum atomic E-state index is 12.5. The minimum Gasteiger partial charge on any atom is -0.340 e. The maximum absolute atomic E-state index is 12.5. The zero-order valence-electron chi connectivity index (χ0n) is 19.7. The molecular weight excluding hydrogens is 360 g/mol. The molecule has 4 nitrogen and oxygen atoms in total. The molecule has 0 aromatic heterocycles. The molecule has 1 aromatic carbocycles. The minimum atomic E-state index is -0.155. The smallest absolute Gasteiger partial charge is 0.219 e. The topological polar surface area (TPSA) is 32.8 Å². The summed E-state index contributed by atoms with van der Waals surface area (Å²) in [5.41, 5.74) is 0.965. The Bertz CT molecular complexity index is 639. The van der Waals surface area contributed by atoms with E-state index in [1.165, 1.54) is 5.56 Å². The van der Waals surface area contributed by atoms with Crippen molar-refractivity contribution in [3.63, 3.8) is 0 Å². The van der Waals surface area contributed by atoms with Gasteiger partial charge < -0.3 is 4.90 Å². The second kappa shape index (κ2) is 10.1. The molecule has 1 saturated heterocycles. The quantitative estimate of drug-likeness (QED) is 0.498. The van der Waals surface area contributed by atoms with Crippen LogP contribution in [0.2, 0.25) is 0 Å². The number of piperidine rings is 1. The zero-order valence-corrected chi connectivity index (χ0v) is 19.7. The fourth-order valence-corrected chi connectivity index (χ4v) is 5.06. The van der Waals surface area contributed by atoms with Gasteiger partial charge in [0.1, 0.15) is 6.10 Å². The second-order valence-corrected chi connectivity index (χ2v) is 9.32. The standard InChI is InChI=1S/C25H42N2O2/c1-8-11-17-26(21(5)28)23-18-24(6,7)27(25(9-2,10-3)19-23)29-20(4)22-15-13-12-14-16-22/h12-16,20,23H,8-11,17-19H2,1-7H3. The van der Waals surface area contributed by atoms with Gasteiger partial charge >= 0.3 is 0 Å². The number of hydrogen-bond acceptors (Lipinski definition) is 3. The molecule has 0 aliphatic carbocycles. The van der Waals surface area contributed by atoms with Gasteiger partial charge in [0, 0.05) is 30.6 Å². The van der Waals surface area contributed by atoms with Crippen LogP contribution in [-0.4, -0.2) is 39.5 Å². The second-order valence-electron chi connectivity index (χ2n) is 9.32. The summed E-state index contributed by atoms with van der Waals surface area (Å²) in [5.74, 6) is 0.201. The van der Waals surface area contributed by atoms with Crippen molar-refractivity contribution < 1.29 is 9.63 Å². The molecule has 1 aliphatic rings. The average molecular weight is 403 g/mol. The van der Waals surface area contributed by atoms with Crippen LogP contribution in [0.1, 0.15) is 98.7 Å². The lowest BCUT2D eigenvalue weighted by atomic mass is 9.73. The molecule has 1 aliphatic heterocycles. The molecule has 164 valence electrons. The van der Waals surface area contributed by atoms with E-state index in [0.29, 0.717) is 0 Å². The number of hydrogen-bond donors (Lipinski definition) is 0. The fourth-order valence-electron chi connectivity index (χ4n) is 5.06. The van der Waals surface area contributed by atoms with Crippen LogP contribution < -0.4 is 0 Å². The van der Waals surface area contributed by atoms with Crippen LogP contribution >= 0.6 is 0 Å². The molecule has 0 radical (unpaired) electrons. The largest absolute Gasteiger partial charge is 0.340 e. The molecule has 1 amide bonds. The van der Waals surface area contributed by atoms with Gasteiger partial charge in [-0.2, -0.15) is 5.06 Å². The van der Waals surface area contributed by atoms with Crippen LogP contribution in [-0.2, 0) is 9.63 Å². The van der Waals surface area contributed by atoms with E-state index in [1.807, 2.05) is 6.07 Å². The molecule has 0 spiro atoms. The van der Waals surface area contributed by atoms with E-state index < -0.39 is 0 Å². The highest BCUT2D eigenvalue weighted by atomic mass is 16.7. The number of amides is 1. The van der Waals surface area contributed by atoms with Crippen molar-refractivity contribution in [2.45, 2.75) is 110 Å². The number of benzene rings is 1. The summed E-state index contributed by atoms with van der Waals surface area (Å²) in [7, 11) is 0. The van der Waals surface area contributed by atoms with Crippen molar-refractivity contribution in [1.29, 1.82) is 0 Å². The van der Waals surface area contributed by atoms with Crippen LogP contribution in [0.4, 0.5) is 0 Å². The van der Waals surface area contributed by atoms with Crippen molar-refractivity contribution in [3.8, 4) is 0 Å². The van der Waals surface area contributed by atoms with E-state index in [-0.39, 0.29) is 29.1 Å². The van der Waals surface area contributed by atoms with Crippen molar-refractivity contribution in [2.24, 2.45) is 0 Å². The molecule has 0 bridgehead atoms. The summed E-state index contributed by atoms with van der Waals surface area (Å²) >= 11 is 0. The fraction of sp³-hybridized carbons (Fsp3) is 0.720. The van der Waals surface area contributed by atoms with E-state index >= 15 is 0 Å². The highest BCUT2D eigenvalue weighted by Gasteiger charge is 2.51. The Labute approximate surface area is 178 Å². The number of carbonyl (C=O) groups is 1. The number of nitrogens with zero attached hydrogens (tertiary/aromatic N) is 2.